The first-order valence-corrected chi connectivity index (χ1v) is 8.81. The van der Waals surface area contributed by atoms with Crippen LogP contribution in [-0.4, -0.2) is 18.9 Å². The summed E-state index contributed by atoms with van der Waals surface area (Å²) < 4.78 is 8.80. The lowest BCUT2D eigenvalue weighted by Gasteiger charge is -2.26. The van der Waals surface area contributed by atoms with Gasteiger partial charge in [0.1, 0.15) is 16.9 Å². The van der Waals surface area contributed by atoms with Gasteiger partial charge in [0.25, 0.3) is 0 Å². The van der Waals surface area contributed by atoms with Crippen molar-refractivity contribution in [2.24, 2.45) is 0 Å². The number of anilines is 1. The summed E-state index contributed by atoms with van der Waals surface area (Å²) >= 11 is 1.18. The van der Waals surface area contributed by atoms with E-state index in [2.05, 4.69) is 30.3 Å². The van der Waals surface area contributed by atoms with E-state index in [1.165, 1.54) is 11.7 Å². The highest BCUT2D eigenvalue weighted by atomic mass is 32.1. The number of nitrogens with one attached hydrogen (secondary N) is 2. The molecule has 124 valence electrons. The van der Waals surface area contributed by atoms with Crippen molar-refractivity contribution in [3.8, 4) is 6.07 Å². The summed E-state index contributed by atoms with van der Waals surface area (Å²) in [7, 11) is 0. The second-order valence-corrected chi connectivity index (χ2v) is 6.53. The Balaban J connectivity index is 1.81. The van der Waals surface area contributed by atoms with Crippen molar-refractivity contribution in [1.29, 1.82) is 5.26 Å². The van der Waals surface area contributed by atoms with Crippen molar-refractivity contribution in [3.63, 3.8) is 0 Å². The number of H-pyrrole nitrogens is 1. The van der Waals surface area contributed by atoms with Gasteiger partial charge in [-0.05, 0) is 17.2 Å². The Morgan fingerprint density at radius 3 is 2.73 bits per heavy atom. The van der Waals surface area contributed by atoms with Gasteiger partial charge in [-0.3, -0.25) is 5.10 Å². The standard InChI is InChI=1S/C19H12N6S/c20-9-13-16(12-7-4-8-15-18(12)25-26-24-15)14-10-21-23-19(14)22-17(13)11-5-2-1-3-6-11/h1-8,10,16H,(H2,21,22,23). The Morgan fingerprint density at radius 2 is 1.88 bits per heavy atom. The molecule has 5 rings (SSSR count). The van der Waals surface area contributed by atoms with E-state index in [1.54, 1.807) is 6.20 Å². The van der Waals surface area contributed by atoms with Crippen molar-refractivity contribution < 1.29 is 0 Å². The first-order chi connectivity index (χ1) is 12.9. The van der Waals surface area contributed by atoms with Gasteiger partial charge in [-0.25, -0.2) is 0 Å². The van der Waals surface area contributed by atoms with Crippen LogP contribution in [0.5, 0.6) is 0 Å². The smallest absolute Gasteiger partial charge is 0.130 e. The van der Waals surface area contributed by atoms with E-state index < -0.39 is 0 Å². The molecular weight excluding hydrogens is 344 g/mol. The summed E-state index contributed by atoms with van der Waals surface area (Å²) in [6.07, 6.45) is 1.77. The lowest BCUT2D eigenvalue weighted by molar-refractivity contribution is 0.979. The molecule has 0 spiro atoms. The second kappa shape index (κ2) is 5.79. The van der Waals surface area contributed by atoms with Crippen LogP contribution in [0, 0.1) is 11.3 Å². The molecule has 1 unspecified atom stereocenters. The molecule has 26 heavy (non-hydrogen) atoms. The highest BCUT2D eigenvalue weighted by Gasteiger charge is 2.33. The minimum Gasteiger partial charge on any atom is -0.339 e. The molecular formula is C19H12N6S. The summed E-state index contributed by atoms with van der Waals surface area (Å²) in [5.41, 5.74) is 5.96. The molecule has 0 aliphatic carbocycles. The zero-order valence-electron chi connectivity index (χ0n) is 13.5. The van der Waals surface area contributed by atoms with Crippen LogP contribution >= 0.6 is 11.7 Å². The Labute approximate surface area is 153 Å². The maximum absolute atomic E-state index is 10.0. The van der Waals surface area contributed by atoms with Gasteiger partial charge in [0, 0.05) is 5.56 Å². The van der Waals surface area contributed by atoms with E-state index in [0.29, 0.717) is 5.57 Å². The quantitative estimate of drug-likeness (QED) is 0.568. The average molecular weight is 356 g/mol. The Bertz CT molecular complexity index is 1180. The zero-order chi connectivity index (χ0) is 17.5. The van der Waals surface area contributed by atoms with E-state index in [-0.39, 0.29) is 5.92 Å². The molecule has 3 heterocycles. The monoisotopic (exact) mass is 356 g/mol. The van der Waals surface area contributed by atoms with Crippen LogP contribution in [0.4, 0.5) is 5.82 Å². The molecule has 2 aromatic carbocycles. The number of hydrogen-bond donors (Lipinski definition) is 2. The number of nitrogens with zero attached hydrogens (tertiary/aromatic N) is 4. The zero-order valence-corrected chi connectivity index (χ0v) is 14.3. The lowest BCUT2D eigenvalue weighted by atomic mass is 9.81. The van der Waals surface area contributed by atoms with Crippen LogP contribution in [-0.2, 0) is 0 Å². The van der Waals surface area contributed by atoms with Gasteiger partial charge in [-0.1, -0.05) is 42.5 Å². The summed E-state index contributed by atoms with van der Waals surface area (Å²) in [5, 5.41) is 20.6. The highest BCUT2D eigenvalue weighted by Crippen LogP contribution is 2.44. The molecule has 2 N–H and O–H groups in total. The molecule has 1 atom stereocenters. The lowest BCUT2D eigenvalue weighted by Crippen LogP contribution is -2.17. The molecule has 0 fully saturated rings. The van der Waals surface area contributed by atoms with Gasteiger partial charge in [-0.2, -0.15) is 19.1 Å². The average Bonchev–Trinajstić information content (AvgIpc) is 3.36. The van der Waals surface area contributed by atoms with Gasteiger partial charge >= 0.3 is 0 Å². The van der Waals surface area contributed by atoms with Gasteiger partial charge in [0.15, 0.2) is 0 Å². The Morgan fingerprint density at radius 1 is 1.00 bits per heavy atom. The number of benzene rings is 2. The van der Waals surface area contributed by atoms with E-state index in [1.807, 2.05) is 48.5 Å². The third-order valence-electron chi connectivity index (χ3n) is 4.60. The molecule has 2 aromatic heterocycles. The SMILES string of the molecule is N#CC1=C(c2ccccc2)Nc2[nH]ncc2C1c1cccc2nsnc12. The highest BCUT2D eigenvalue weighted by molar-refractivity contribution is 7.00. The van der Waals surface area contributed by atoms with Crippen LogP contribution in [0.15, 0.2) is 60.3 Å². The number of rotatable bonds is 2. The molecule has 1 aliphatic heterocycles. The minimum absolute atomic E-state index is 0.252. The van der Waals surface area contributed by atoms with Gasteiger partial charge < -0.3 is 5.32 Å². The summed E-state index contributed by atoms with van der Waals surface area (Å²) in [5.74, 6) is 0.547. The number of aromatic nitrogens is 4. The molecule has 7 heteroatoms. The number of nitriles is 1. The maximum atomic E-state index is 10.0. The second-order valence-electron chi connectivity index (χ2n) is 6.00. The van der Waals surface area contributed by atoms with Gasteiger partial charge in [-0.15, -0.1) is 0 Å². The summed E-state index contributed by atoms with van der Waals surface area (Å²) in [4.78, 5) is 0. The first kappa shape index (κ1) is 14.8. The topological polar surface area (TPSA) is 90.3 Å². The fourth-order valence-electron chi connectivity index (χ4n) is 3.44. The largest absolute Gasteiger partial charge is 0.339 e. The van der Waals surface area contributed by atoms with Crippen LogP contribution in [0.3, 0.4) is 0 Å². The molecule has 0 radical (unpaired) electrons. The molecule has 1 aliphatic rings. The van der Waals surface area contributed by atoms with E-state index in [9.17, 15) is 5.26 Å². The Hall–Kier alpha value is -3.50. The van der Waals surface area contributed by atoms with Crippen LogP contribution in [0.2, 0.25) is 0 Å². The molecule has 4 aromatic rings. The first-order valence-electron chi connectivity index (χ1n) is 8.08. The number of hydrogen-bond acceptors (Lipinski definition) is 6. The van der Waals surface area contributed by atoms with Crippen LogP contribution in [0.25, 0.3) is 16.7 Å². The van der Waals surface area contributed by atoms with Crippen molar-refractivity contribution >= 4 is 34.3 Å². The molecule has 0 saturated carbocycles. The van der Waals surface area contributed by atoms with Crippen molar-refractivity contribution in [2.75, 3.05) is 5.32 Å². The van der Waals surface area contributed by atoms with Gasteiger partial charge in [0.2, 0.25) is 0 Å². The molecule has 0 bridgehead atoms. The van der Waals surface area contributed by atoms with E-state index >= 15 is 0 Å². The third kappa shape index (κ3) is 2.13. The van der Waals surface area contributed by atoms with Crippen molar-refractivity contribution in [3.05, 3.63) is 77.0 Å². The van der Waals surface area contributed by atoms with Crippen LogP contribution in [0.1, 0.15) is 22.6 Å². The van der Waals surface area contributed by atoms with Crippen molar-refractivity contribution in [1.82, 2.24) is 18.9 Å². The number of aromatic amines is 1. The maximum Gasteiger partial charge on any atom is 0.130 e. The number of fused-ring (bicyclic) bond motifs is 2. The normalized spacial score (nSPS) is 16.2. The third-order valence-corrected chi connectivity index (χ3v) is 5.14. The van der Waals surface area contributed by atoms with Crippen molar-refractivity contribution in [2.45, 2.75) is 5.92 Å². The summed E-state index contributed by atoms with van der Waals surface area (Å²) in [6, 6.07) is 18.2. The van der Waals surface area contributed by atoms with E-state index in [0.717, 1.165) is 39.2 Å². The summed E-state index contributed by atoms with van der Waals surface area (Å²) in [6.45, 7) is 0. The number of allylic oxidation sites excluding steroid dienone is 1. The molecule has 0 amide bonds. The van der Waals surface area contributed by atoms with Crippen LogP contribution < -0.4 is 5.32 Å². The Kier molecular flexibility index (Phi) is 3.30. The fourth-order valence-corrected chi connectivity index (χ4v) is 4.00. The van der Waals surface area contributed by atoms with Gasteiger partial charge in [0.05, 0.1) is 41.2 Å². The predicted molar refractivity (Wildman–Crippen MR) is 100 cm³/mol. The molecule has 6 nitrogen and oxygen atoms in total. The minimum atomic E-state index is -0.252. The predicted octanol–water partition coefficient (Wildman–Crippen LogP) is 3.91. The van der Waals surface area contributed by atoms with E-state index in [4.69, 9.17) is 0 Å². The fraction of sp³-hybridized carbons (Fsp3) is 0.0526. The molecule has 0 saturated heterocycles.